The molecule has 7 nitrogen and oxygen atoms in total. The van der Waals surface area contributed by atoms with Gasteiger partial charge in [0.25, 0.3) is 5.96 Å². The standard InChI is InChI=1S/C10H13ClN4O3/c1-6-3-9(18-2)8(11)4-7(6)5-13-10(12)14-15(16)17/h3-4H,5H2,1-2H3,(H3,12,13,14). The van der Waals surface area contributed by atoms with Crippen LogP contribution in [-0.4, -0.2) is 18.1 Å². The van der Waals surface area contributed by atoms with Crippen LogP contribution in [0.5, 0.6) is 5.75 Å². The number of rotatable bonds is 4. The number of hydrogen-bond acceptors (Lipinski definition) is 3. The Balaban J connectivity index is 2.80. The van der Waals surface area contributed by atoms with Gasteiger partial charge in [-0.15, -0.1) is 0 Å². The zero-order valence-corrected chi connectivity index (χ0v) is 10.7. The molecule has 0 saturated heterocycles. The summed E-state index contributed by atoms with van der Waals surface area (Å²) in [5.41, 5.74) is 7.08. The van der Waals surface area contributed by atoms with Crippen LogP contribution in [0.25, 0.3) is 0 Å². The molecule has 1 rings (SSSR count). The number of nitrogens with two attached hydrogens (primary N) is 1. The largest absolute Gasteiger partial charge is 0.495 e. The summed E-state index contributed by atoms with van der Waals surface area (Å²) in [7, 11) is 1.53. The zero-order valence-electron chi connectivity index (χ0n) is 9.94. The summed E-state index contributed by atoms with van der Waals surface area (Å²) in [6.45, 7) is 2.16. The minimum absolute atomic E-state index is 0.258. The average molecular weight is 273 g/mol. The van der Waals surface area contributed by atoms with E-state index in [1.54, 1.807) is 12.1 Å². The van der Waals surface area contributed by atoms with Crippen LogP contribution in [0.1, 0.15) is 11.1 Å². The first-order chi connectivity index (χ1) is 8.43. The first kappa shape index (κ1) is 14.0. The SMILES string of the molecule is COc1cc(C)c(CN/C(N)=N/[N+](=O)[O-])cc1Cl. The van der Waals surface area contributed by atoms with Crippen molar-refractivity contribution in [3.63, 3.8) is 0 Å². The van der Waals surface area contributed by atoms with Gasteiger partial charge < -0.3 is 15.8 Å². The molecule has 0 radical (unpaired) electrons. The first-order valence-corrected chi connectivity index (χ1v) is 5.37. The topological polar surface area (TPSA) is 103 Å². The van der Waals surface area contributed by atoms with Crippen molar-refractivity contribution in [2.24, 2.45) is 10.8 Å². The van der Waals surface area contributed by atoms with Crippen LogP contribution >= 0.6 is 11.6 Å². The molecule has 0 aliphatic carbocycles. The number of nitro groups is 1. The summed E-state index contributed by atoms with van der Waals surface area (Å²) >= 11 is 5.98. The number of aryl methyl sites for hydroxylation is 1. The highest BCUT2D eigenvalue weighted by Crippen LogP contribution is 2.27. The predicted octanol–water partition coefficient (Wildman–Crippen LogP) is 1.25. The highest BCUT2D eigenvalue weighted by atomic mass is 35.5. The van der Waals surface area contributed by atoms with E-state index >= 15 is 0 Å². The molecule has 0 saturated carbocycles. The van der Waals surface area contributed by atoms with Gasteiger partial charge in [-0.05, 0) is 30.2 Å². The van der Waals surface area contributed by atoms with Gasteiger partial charge in [-0.1, -0.05) is 11.6 Å². The summed E-state index contributed by atoms with van der Waals surface area (Å²) in [6, 6.07) is 3.49. The molecule has 8 heteroatoms. The molecule has 0 amide bonds. The van der Waals surface area contributed by atoms with E-state index in [2.05, 4.69) is 10.4 Å². The Bertz CT molecular complexity index is 490. The predicted molar refractivity (Wildman–Crippen MR) is 68.2 cm³/mol. The molecule has 0 spiro atoms. The molecular formula is C10H13ClN4O3. The number of ether oxygens (including phenoxy) is 1. The van der Waals surface area contributed by atoms with E-state index in [0.717, 1.165) is 11.1 Å². The Hall–Kier alpha value is -2.02. The van der Waals surface area contributed by atoms with Crippen molar-refractivity contribution in [1.82, 2.24) is 5.32 Å². The molecule has 0 atom stereocenters. The zero-order chi connectivity index (χ0) is 13.7. The third kappa shape index (κ3) is 3.77. The number of hydrogen-bond donors (Lipinski definition) is 2. The minimum Gasteiger partial charge on any atom is -0.495 e. The van der Waals surface area contributed by atoms with Crippen LogP contribution in [-0.2, 0) is 6.54 Å². The number of guanidine groups is 1. The fourth-order valence-electron chi connectivity index (χ4n) is 1.35. The molecule has 0 bridgehead atoms. The number of benzene rings is 1. The van der Waals surface area contributed by atoms with Crippen molar-refractivity contribution in [2.75, 3.05) is 7.11 Å². The average Bonchev–Trinajstić information content (AvgIpc) is 2.28. The highest BCUT2D eigenvalue weighted by Gasteiger charge is 2.07. The van der Waals surface area contributed by atoms with E-state index in [0.29, 0.717) is 17.3 Å². The normalized spacial score (nSPS) is 11.2. The van der Waals surface area contributed by atoms with Gasteiger partial charge in [0.05, 0.1) is 12.1 Å². The summed E-state index contributed by atoms with van der Waals surface area (Å²) in [5.74, 6) is 0.316. The lowest BCUT2D eigenvalue weighted by molar-refractivity contribution is -0.485. The van der Waals surface area contributed by atoms with Crippen molar-refractivity contribution < 1.29 is 9.77 Å². The lowest BCUT2D eigenvalue weighted by Gasteiger charge is -2.10. The van der Waals surface area contributed by atoms with Crippen LogP contribution in [0.3, 0.4) is 0 Å². The molecule has 0 aromatic heterocycles. The molecule has 0 unspecified atom stereocenters. The maximum Gasteiger partial charge on any atom is 0.266 e. The van der Waals surface area contributed by atoms with Crippen LogP contribution in [0.2, 0.25) is 5.02 Å². The summed E-state index contributed by atoms with van der Waals surface area (Å²) in [4.78, 5) is 10.1. The first-order valence-electron chi connectivity index (χ1n) is 4.99. The van der Waals surface area contributed by atoms with Gasteiger partial charge in [0, 0.05) is 6.54 Å². The van der Waals surface area contributed by atoms with Gasteiger partial charge in [-0.25, -0.2) is 10.1 Å². The van der Waals surface area contributed by atoms with Gasteiger partial charge >= 0.3 is 0 Å². The molecule has 1 aromatic carbocycles. The van der Waals surface area contributed by atoms with E-state index in [-0.39, 0.29) is 5.96 Å². The number of halogens is 1. The summed E-state index contributed by atoms with van der Waals surface area (Å²) < 4.78 is 5.07. The van der Waals surface area contributed by atoms with Gasteiger partial charge in [0.2, 0.25) is 0 Å². The fraction of sp³-hybridized carbons (Fsp3) is 0.300. The van der Waals surface area contributed by atoms with E-state index in [9.17, 15) is 10.1 Å². The Morgan fingerprint density at radius 3 is 2.89 bits per heavy atom. The Morgan fingerprint density at radius 2 is 2.33 bits per heavy atom. The molecule has 3 N–H and O–H groups in total. The smallest absolute Gasteiger partial charge is 0.266 e. The van der Waals surface area contributed by atoms with E-state index in [4.69, 9.17) is 22.1 Å². The van der Waals surface area contributed by atoms with Crippen molar-refractivity contribution >= 4 is 17.6 Å². The lowest BCUT2D eigenvalue weighted by Crippen LogP contribution is -2.32. The molecule has 0 aliphatic heterocycles. The molecule has 98 valence electrons. The molecule has 1 aromatic rings. The lowest BCUT2D eigenvalue weighted by atomic mass is 10.1. The number of hydrazone groups is 1. The van der Waals surface area contributed by atoms with Gasteiger partial charge in [-0.2, -0.15) is 0 Å². The maximum absolute atomic E-state index is 10.1. The minimum atomic E-state index is -0.865. The molecule has 0 heterocycles. The second-order valence-corrected chi connectivity index (χ2v) is 3.90. The van der Waals surface area contributed by atoms with E-state index in [1.807, 2.05) is 6.92 Å². The summed E-state index contributed by atoms with van der Waals surface area (Å²) in [6.07, 6.45) is 0. The van der Waals surface area contributed by atoms with Crippen molar-refractivity contribution in [3.8, 4) is 5.75 Å². The maximum atomic E-state index is 10.1. The van der Waals surface area contributed by atoms with E-state index in [1.165, 1.54) is 7.11 Å². The number of nitrogens with one attached hydrogen (secondary N) is 1. The fourth-order valence-corrected chi connectivity index (χ4v) is 1.62. The van der Waals surface area contributed by atoms with Gasteiger partial charge in [-0.3, -0.25) is 0 Å². The molecule has 0 fully saturated rings. The Kier molecular flexibility index (Phi) is 4.73. The van der Waals surface area contributed by atoms with Gasteiger partial charge in [0.15, 0.2) is 5.03 Å². The summed E-state index contributed by atoms with van der Waals surface area (Å²) in [5, 5.41) is 15.2. The van der Waals surface area contributed by atoms with Crippen LogP contribution in [0.15, 0.2) is 17.2 Å². The second kappa shape index (κ2) is 6.06. The van der Waals surface area contributed by atoms with Crippen molar-refractivity contribution in [3.05, 3.63) is 38.4 Å². The van der Waals surface area contributed by atoms with Crippen molar-refractivity contribution in [1.29, 1.82) is 0 Å². The molecule has 0 aliphatic rings. The number of methoxy groups -OCH3 is 1. The third-order valence-corrected chi connectivity index (χ3v) is 2.56. The van der Waals surface area contributed by atoms with Gasteiger partial charge in [0.1, 0.15) is 10.9 Å². The monoisotopic (exact) mass is 272 g/mol. The second-order valence-electron chi connectivity index (χ2n) is 3.49. The quantitative estimate of drug-likeness (QED) is 0.372. The number of nitrogens with zero attached hydrogens (tertiary/aromatic N) is 2. The van der Waals surface area contributed by atoms with Crippen LogP contribution in [0, 0.1) is 17.0 Å². The van der Waals surface area contributed by atoms with Crippen LogP contribution in [0.4, 0.5) is 0 Å². The van der Waals surface area contributed by atoms with Crippen molar-refractivity contribution in [2.45, 2.75) is 13.5 Å². The molecule has 18 heavy (non-hydrogen) atoms. The van der Waals surface area contributed by atoms with Crippen LogP contribution < -0.4 is 15.8 Å². The molecular weight excluding hydrogens is 260 g/mol. The van der Waals surface area contributed by atoms with E-state index < -0.39 is 5.03 Å². The third-order valence-electron chi connectivity index (χ3n) is 2.26. The highest BCUT2D eigenvalue weighted by molar-refractivity contribution is 6.32. The Labute approximate surface area is 109 Å². The Morgan fingerprint density at radius 1 is 1.67 bits per heavy atom.